The predicted molar refractivity (Wildman–Crippen MR) is 88.8 cm³/mol. The number of benzene rings is 2. The van der Waals surface area contributed by atoms with Crippen LogP contribution in [0.15, 0.2) is 60.8 Å². The maximum Gasteiger partial charge on any atom is 0.0723 e. The van der Waals surface area contributed by atoms with Crippen LogP contribution in [0.25, 0.3) is 10.9 Å². The fourth-order valence-electron chi connectivity index (χ4n) is 2.71. The van der Waals surface area contributed by atoms with Crippen LogP contribution in [0.1, 0.15) is 12.5 Å². The van der Waals surface area contributed by atoms with Gasteiger partial charge in [-0.15, -0.1) is 0 Å². The summed E-state index contributed by atoms with van der Waals surface area (Å²) >= 11 is 0. The number of anilines is 2. The Bertz CT molecular complexity index is 738. The van der Waals surface area contributed by atoms with Crippen molar-refractivity contribution in [1.29, 1.82) is 0 Å². The second-order valence-electron chi connectivity index (χ2n) is 4.93. The Labute approximate surface area is 125 Å². The van der Waals surface area contributed by atoms with Crippen LogP contribution in [0.5, 0.6) is 0 Å². The Kier molecular flexibility index (Phi) is 3.84. The fourth-order valence-corrected chi connectivity index (χ4v) is 2.71. The number of fused-ring (bicyclic) bond motifs is 1. The van der Waals surface area contributed by atoms with Crippen molar-refractivity contribution in [1.82, 2.24) is 4.98 Å². The van der Waals surface area contributed by atoms with Crippen molar-refractivity contribution >= 4 is 22.3 Å². The molecule has 21 heavy (non-hydrogen) atoms. The van der Waals surface area contributed by atoms with Gasteiger partial charge in [-0.2, -0.15) is 0 Å². The summed E-state index contributed by atoms with van der Waals surface area (Å²) < 4.78 is 0. The monoisotopic (exact) mass is 277 g/mol. The Morgan fingerprint density at radius 1 is 1.00 bits per heavy atom. The predicted octanol–water partition coefficient (Wildman–Crippen LogP) is 3.85. The van der Waals surface area contributed by atoms with Gasteiger partial charge in [-0.1, -0.05) is 36.4 Å². The second kappa shape index (κ2) is 5.94. The molecule has 106 valence electrons. The van der Waals surface area contributed by atoms with Crippen molar-refractivity contribution in [3.05, 3.63) is 66.4 Å². The molecule has 0 radical (unpaired) electrons. The van der Waals surface area contributed by atoms with E-state index in [0.29, 0.717) is 6.54 Å². The zero-order chi connectivity index (χ0) is 14.7. The molecule has 2 N–H and O–H groups in total. The second-order valence-corrected chi connectivity index (χ2v) is 4.93. The third-order valence-corrected chi connectivity index (χ3v) is 3.70. The largest absolute Gasteiger partial charge is 0.341 e. The first-order valence-electron chi connectivity index (χ1n) is 7.24. The normalized spacial score (nSPS) is 10.8. The summed E-state index contributed by atoms with van der Waals surface area (Å²) in [5, 5.41) is 1.14. The minimum Gasteiger partial charge on any atom is -0.341 e. The molecule has 0 fully saturated rings. The Hall–Kier alpha value is -2.39. The summed E-state index contributed by atoms with van der Waals surface area (Å²) in [6.07, 6.45) is 1.89. The first kappa shape index (κ1) is 13.6. The van der Waals surface area contributed by atoms with Crippen LogP contribution in [0.4, 0.5) is 11.4 Å². The number of nitrogens with zero attached hydrogens (tertiary/aromatic N) is 2. The van der Waals surface area contributed by atoms with E-state index in [2.05, 4.69) is 47.1 Å². The van der Waals surface area contributed by atoms with Crippen LogP contribution in [0.2, 0.25) is 0 Å². The zero-order valence-electron chi connectivity index (χ0n) is 12.2. The lowest BCUT2D eigenvalue weighted by Crippen LogP contribution is -2.19. The number of aromatic nitrogens is 1. The number of hydrogen-bond donors (Lipinski definition) is 1. The Morgan fingerprint density at radius 3 is 2.43 bits per heavy atom. The molecule has 0 aliphatic rings. The molecular formula is C18H19N3. The van der Waals surface area contributed by atoms with Gasteiger partial charge in [0.15, 0.2) is 0 Å². The van der Waals surface area contributed by atoms with Crippen molar-refractivity contribution in [3.63, 3.8) is 0 Å². The van der Waals surface area contributed by atoms with E-state index in [0.717, 1.165) is 28.7 Å². The molecule has 0 spiro atoms. The number of para-hydroxylation sites is 2. The molecule has 2 aromatic carbocycles. The molecule has 0 amide bonds. The first-order chi connectivity index (χ1) is 10.3. The highest BCUT2D eigenvalue weighted by molar-refractivity contribution is 5.95. The van der Waals surface area contributed by atoms with Gasteiger partial charge in [0.05, 0.1) is 11.2 Å². The van der Waals surface area contributed by atoms with Gasteiger partial charge in [-0.3, -0.25) is 4.98 Å². The van der Waals surface area contributed by atoms with E-state index in [1.54, 1.807) is 0 Å². The van der Waals surface area contributed by atoms with Crippen molar-refractivity contribution in [2.45, 2.75) is 13.5 Å². The van der Waals surface area contributed by atoms with E-state index in [1.165, 1.54) is 5.69 Å². The number of pyridine rings is 1. The summed E-state index contributed by atoms with van der Waals surface area (Å²) in [5.41, 5.74) is 10.3. The highest BCUT2D eigenvalue weighted by Gasteiger charge is 2.15. The molecule has 1 heterocycles. The average Bonchev–Trinajstić information content (AvgIpc) is 2.56. The minimum absolute atomic E-state index is 0.483. The molecule has 3 rings (SSSR count). The molecule has 0 atom stereocenters. The molecule has 0 unspecified atom stereocenters. The van der Waals surface area contributed by atoms with E-state index in [4.69, 9.17) is 5.73 Å². The molecule has 1 aromatic heterocycles. The van der Waals surface area contributed by atoms with E-state index < -0.39 is 0 Å². The molecule has 0 aliphatic heterocycles. The van der Waals surface area contributed by atoms with Crippen LogP contribution < -0.4 is 10.6 Å². The van der Waals surface area contributed by atoms with Gasteiger partial charge in [0.25, 0.3) is 0 Å². The van der Waals surface area contributed by atoms with Crippen LogP contribution in [0.3, 0.4) is 0 Å². The molecule has 3 heteroatoms. The van der Waals surface area contributed by atoms with Gasteiger partial charge in [-0.05, 0) is 25.1 Å². The number of rotatable bonds is 4. The number of hydrogen-bond acceptors (Lipinski definition) is 3. The molecule has 3 aromatic rings. The summed E-state index contributed by atoms with van der Waals surface area (Å²) in [7, 11) is 0. The third-order valence-electron chi connectivity index (χ3n) is 3.70. The van der Waals surface area contributed by atoms with E-state index in [1.807, 2.05) is 30.5 Å². The van der Waals surface area contributed by atoms with E-state index >= 15 is 0 Å². The van der Waals surface area contributed by atoms with Gasteiger partial charge in [0.1, 0.15) is 0 Å². The van der Waals surface area contributed by atoms with Crippen molar-refractivity contribution in [3.8, 4) is 0 Å². The highest BCUT2D eigenvalue weighted by Crippen LogP contribution is 2.34. The van der Waals surface area contributed by atoms with Gasteiger partial charge in [0.2, 0.25) is 0 Å². The van der Waals surface area contributed by atoms with E-state index in [9.17, 15) is 0 Å². The highest BCUT2D eigenvalue weighted by atomic mass is 15.1. The molecule has 0 bridgehead atoms. The van der Waals surface area contributed by atoms with Gasteiger partial charge in [-0.25, -0.2) is 0 Å². The topological polar surface area (TPSA) is 42.1 Å². The van der Waals surface area contributed by atoms with Gasteiger partial charge >= 0.3 is 0 Å². The Morgan fingerprint density at radius 2 is 1.71 bits per heavy atom. The van der Waals surface area contributed by atoms with Crippen LogP contribution in [0, 0.1) is 0 Å². The summed E-state index contributed by atoms with van der Waals surface area (Å²) in [6, 6.07) is 18.6. The van der Waals surface area contributed by atoms with Crippen molar-refractivity contribution in [2.24, 2.45) is 5.73 Å². The number of nitrogens with two attached hydrogens (primary N) is 1. The molecule has 0 aliphatic carbocycles. The average molecular weight is 277 g/mol. The zero-order valence-corrected chi connectivity index (χ0v) is 12.2. The molecule has 3 nitrogen and oxygen atoms in total. The van der Waals surface area contributed by atoms with Crippen LogP contribution >= 0.6 is 0 Å². The lowest BCUT2D eigenvalue weighted by Gasteiger charge is -2.27. The first-order valence-corrected chi connectivity index (χ1v) is 7.24. The van der Waals surface area contributed by atoms with Gasteiger partial charge < -0.3 is 10.6 Å². The van der Waals surface area contributed by atoms with Gasteiger partial charge in [0, 0.05) is 35.9 Å². The minimum atomic E-state index is 0.483. The fraction of sp³-hybridized carbons (Fsp3) is 0.167. The summed E-state index contributed by atoms with van der Waals surface area (Å²) in [6.45, 7) is 3.52. The van der Waals surface area contributed by atoms with Crippen molar-refractivity contribution < 1.29 is 0 Å². The quantitative estimate of drug-likeness (QED) is 0.787. The lowest BCUT2D eigenvalue weighted by atomic mass is 10.1. The maximum absolute atomic E-state index is 5.95. The smallest absolute Gasteiger partial charge is 0.0723 e. The molecular weight excluding hydrogens is 258 g/mol. The molecule has 0 saturated carbocycles. The lowest BCUT2D eigenvalue weighted by molar-refractivity contribution is 0.983. The standard InChI is InChI=1S/C18H19N3/c1-2-21(15-8-4-3-5-9-15)18-14(12-19)13-20-17-11-7-6-10-16(17)18/h3-11,13H,2,12,19H2,1H3. The third kappa shape index (κ3) is 2.48. The SMILES string of the molecule is CCN(c1ccccc1)c1c(CN)cnc2ccccc12. The van der Waals surface area contributed by atoms with Crippen molar-refractivity contribution in [2.75, 3.05) is 11.4 Å². The van der Waals surface area contributed by atoms with Crippen LogP contribution in [-0.2, 0) is 6.54 Å². The van der Waals surface area contributed by atoms with Crippen LogP contribution in [-0.4, -0.2) is 11.5 Å². The van der Waals surface area contributed by atoms with E-state index in [-0.39, 0.29) is 0 Å². The Balaban J connectivity index is 2.26. The summed E-state index contributed by atoms with van der Waals surface area (Å²) in [5.74, 6) is 0. The summed E-state index contributed by atoms with van der Waals surface area (Å²) in [4.78, 5) is 6.81. The maximum atomic E-state index is 5.95. The molecule has 0 saturated heterocycles.